The van der Waals surface area contributed by atoms with Crippen molar-refractivity contribution >= 4 is 7.69 Å². The molecule has 1 aromatic rings. The minimum Gasteiger partial charge on any atom is -0.508 e. The van der Waals surface area contributed by atoms with Crippen molar-refractivity contribution in [1.82, 2.24) is 0 Å². The van der Waals surface area contributed by atoms with Crippen molar-refractivity contribution in [2.75, 3.05) is 0 Å². The molecule has 1 aliphatic heterocycles. The number of phenols is 1. The molecule has 1 saturated heterocycles. The molecule has 0 unspecified atom stereocenters. The van der Waals surface area contributed by atoms with Gasteiger partial charge in [0.15, 0.2) is 0 Å². The Bertz CT molecular complexity index is 308. The average Bonchev–Trinajstić information content (AvgIpc) is 2.41. The maximum absolute atomic E-state index is 8.63. The van der Waals surface area contributed by atoms with Crippen LogP contribution in [0.15, 0.2) is 30.3 Å². The first-order chi connectivity index (χ1) is 7.35. The fraction of sp³-hybridized carbons (Fsp3) is 0.500. The molecule has 0 aliphatic carbocycles. The molecular weight excluding hydrogens is 203 g/mol. The Balaban J connectivity index is 0.000000165. The SMILES string of the molecule is CC1(C)O[B]OC1(C)C.Oc1ccccc1. The second kappa shape index (κ2) is 4.89. The number of hydrogen-bond donors (Lipinski definition) is 1. The first kappa shape index (κ1) is 13.1. The van der Waals surface area contributed by atoms with E-state index in [-0.39, 0.29) is 11.2 Å². The highest BCUT2D eigenvalue weighted by Crippen LogP contribution is 2.33. The molecule has 0 saturated carbocycles. The summed E-state index contributed by atoms with van der Waals surface area (Å²) in [6.45, 7) is 8.04. The van der Waals surface area contributed by atoms with Gasteiger partial charge in [-0.2, -0.15) is 0 Å². The summed E-state index contributed by atoms with van der Waals surface area (Å²) in [5, 5.41) is 8.63. The predicted molar refractivity (Wildman–Crippen MR) is 64.2 cm³/mol. The lowest BCUT2D eigenvalue weighted by atomic mass is 9.90. The molecule has 1 N–H and O–H groups in total. The average molecular weight is 221 g/mol. The summed E-state index contributed by atoms with van der Waals surface area (Å²) in [4.78, 5) is 0. The molecule has 0 atom stereocenters. The fourth-order valence-corrected chi connectivity index (χ4v) is 0.976. The minimum absolute atomic E-state index is 0.187. The minimum atomic E-state index is -0.188. The van der Waals surface area contributed by atoms with Gasteiger partial charge < -0.3 is 14.4 Å². The highest BCUT2D eigenvalue weighted by molar-refractivity contribution is 6.19. The van der Waals surface area contributed by atoms with Crippen molar-refractivity contribution < 1.29 is 14.4 Å². The van der Waals surface area contributed by atoms with Crippen molar-refractivity contribution in [3.8, 4) is 5.75 Å². The number of rotatable bonds is 0. The van der Waals surface area contributed by atoms with Gasteiger partial charge in [0.25, 0.3) is 0 Å². The summed E-state index contributed by atoms with van der Waals surface area (Å²) >= 11 is 0. The van der Waals surface area contributed by atoms with Gasteiger partial charge in [0.1, 0.15) is 5.75 Å². The number of aromatic hydroxyl groups is 1. The van der Waals surface area contributed by atoms with Gasteiger partial charge in [0.2, 0.25) is 0 Å². The van der Waals surface area contributed by atoms with Gasteiger partial charge in [0.05, 0.1) is 11.2 Å². The standard InChI is InChI=1S/C6H12BO2.C6H6O/c1-5(2)6(3,4)9-7-8-5;7-6-4-2-1-3-5-6/h1-4H3;1-5,7H. The van der Waals surface area contributed by atoms with Crippen LogP contribution in [0, 0.1) is 0 Å². The van der Waals surface area contributed by atoms with Crippen LogP contribution < -0.4 is 0 Å². The lowest BCUT2D eigenvalue weighted by molar-refractivity contribution is 0.00578. The van der Waals surface area contributed by atoms with Crippen LogP contribution in [0.5, 0.6) is 5.75 Å². The fourth-order valence-electron chi connectivity index (χ4n) is 0.976. The monoisotopic (exact) mass is 221 g/mol. The van der Waals surface area contributed by atoms with E-state index >= 15 is 0 Å². The summed E-state index contributed by atoms with van der Waals surface area (Å²) in [7, 11) is 1.42. The molecule has 0 aromatic heterocycles. The first-order valence-corrected chi connectivity index (χ1v) is 5.26. The zero-order valence-electron chi connectivity index (χ0n) is 10.2. The maximum Gasteiger partial charge on any atom is 0.488 e. The predicted octanol–water partition coefficient (Wildman–Crippen LogP) is 2.52. The Kier molecular flexibility index (Phi) is 4.00. The molecule has 3 nitrogen and oxygen atoms in total. The molecule has 0 bridgehead atoms. The Morgan fingerprint density at radius 2 is 1.38 bits per heavy atom. The van der Waals surface area contributed by atoms with Crippen LogP contribution in [0.4, 0.5) is 0 Å². The lowest BCUT2D eigenvalue weighted by Crippen LogP contribution is -2.41. The van der Waals surface area contributed by atoms with Crippen molar-refractivity contribution in [2.45, 2.75) is 38.9 Å². The summed E-state index contributed by atoms with van der Waals surface area (Å²) in [5.74, 6) is 0.322. The van der Waals surface area contributed by atoms with Gasteiger partial charge in [-0.3, -0.25) is 0 Å². The number of para-hydroxylation sites is 1. The molecule has 87 valence electrons. The molecule has 1 heterocycles. The smallest absolute Gasteiger partial charge is 0.488 e. The molecular formula is C12H18BO3. The molecule has 0 spiro atoms. The van der Waals surface area contributed by atoms with Crippen LogP contribution in [0.3, 0.4) is 0 Å². The normalized spacial score (nSPS) is 20.5. The highest BCUT2D eigenvalue weighted by atomic mass is 16.7. The Labute approximate surface area is 97.7 Å². The van der Waals surface area contributed by atoms with Crippen molar-refractivity contribution in [3.63, 3.8) is 0 Å². The van der Waals surface area contributed by atoms with Gasteiger partial charge in [-0.05, 0) is 39.8 Å². The van der Waals surface area contributed by atoms with E-state index in [1.54, 1.807) is 24.3 Å². The Morgan fingerprint density at radius 1 is 0.938 bits per heavy atom. The van der Waals surface area contributed by atoms with E-state index in [1.807, 2.05) is 33.8 Å². The summed E-state index contributed by atoms with van der Waals surface area (Å²) in [6.07, 6.45) is 0. The van der Waals surface area contributed by atoms with Gasteiger partial charge >= 0.3 is 7.69 Å². The molecule has 2 rings (SSSR count). The van der Waals surface area contributed by atoms with Crippen LogP contribution in [-0.4, -0.2) is 24.0 Å². The Hall–Kier alpha value is -0.995. The van der Waals surface area contributed by atoms with Gasteiger partial charge in [-0.15, -0.1) is 0 Å². The topological polar surface area (TPSA) is 38.7 Å². The van der Waals surface area contributed by atoms with E-state index in [9.17, 15) is 0 Å². The third-order valence-corrected chi connectivity index (χ3v) is 2.89. The summed E-state index contributed by atoms with van der Waals surface area (Å²) in [6, 6.07) is 8.71. The molecule has 1 fully saturated rings. The van der Waals surface area contributed by atoms with Crippen LogP contribution >= 0.6 is 0 Å². The summed E-state index contributed by atoms with van der Waals surface area (Å²) in [5.41, 5.74) is -0.375. The lowest BCUT2D eigenvalue weighted by Gasteiger charge is -2.32. The van der Waals surface area contributed by atoms with Crippen LogP contribution in [0.2, 0.25) is 0 Å². The highest BCUT2D eigenvalue weighted by Gasteiger charge is 2.44. The van der Waals surface area contributed by atoms with E-state index in [1.165, 1.54) is 7.69 Å². The second-order valence-electron chi connectivity index (χ2n) is 4.69. The molecule has 1 radical (unpaired) electrons. The van der Waals surface area contributed by atoms with Gasteiger partial charge in [-0.1, -0.05) is 18.2 Å². The Morgan fingerprint density at radius 3 is 1.56 bits per heavy atom. The van der Waals surface area contributed by atoms with Crippen molar-refractivity contribution in [3.05, 3.63) is 30.3 Å². The molecule has 0 amide bonds. The third kappa shape index (κ3) is 3.25. The largest absolute Gasteiger partial charge is 0.508 e. The first-order valence-electron chi connectivity index (χ1n) is 5.26. The van der Waals surface area contributed by atoms with E-state index < -0.39 is 0 Å². The number of hydrogen-bond acceptors (Lipinski definition) is 3. The van der Waals surface area contributed by atoms with Gasteiger partial charge in [-0.25, -0.2) is 0 Å². The molecule has 4 heteroatoms. The third-order valence-electron chi connectivity index (χ3n) is 2.89. The van der Waals surface area contributed by atoms with Crippen LogP contribution in [-0.2, 0) is 9.31 Å². The second-order valence-corrected chi connectivity index (χ2v) is 4.69. The van der Waals surface area contributed by atoms with E-state index in [0.717, 1.165) is 0 Å². The molecule has 1 aromatic carbocycles. The number of phenolic OH excluding ortho intramolecular Hbond substituents is 1. The quantitative estimate of drug-likeness (QED) is 0.684. The zero-order valence-corrected chi connectivity index (χ0v) is 10.2. The maximum atomic E-state index is 8.63. The zero-order chi connectivity index (χ0) is 12.2. The molecule has 1 aliphatic rings. The van der Waals surface area contributed by atoms with Crippen LogP contribution in [0.25, 0.3) is 0 Å². The van der Waals surface area contributed by atoms with Crippen LogP contribution in [0.1, 0.15) is 27.7 Å². The number of benzene rings is 1. The van der Waals surface area contributed by atoms with E-state index in [0.29, 0.717) is 5.75 Å². The molecule has 16 heavy (non-hydrogen) atoms. The van der Waals surface area contributed by atoms with Crippen molar-refractivity contribution in [1.29, 1.82) is 0 Å². The van der Waals surface area contributed by atoms with E-state index in [2.05, 4.69) is 0 Å². The van der Waals surface area contributed by atoms with Gasteiger partial charge in [0, 0.05) is 0 Å². The summed E-state index contributed by atoms with van der Waals surface area (Å²) < 4.78 is 10.4. The van der Waals surface area contributed by atoms with Crippen molar-refractivity contribution in [2.24, 2.45) is 0 Å². The van der Waals surface area contributed by atoms with E-state index in [4.69, 9.17) is 14.4 Å².